The molecule has 0 radical (unpaired) electrons. The maximum absolute atomic E-state index is 6.19. The van der Waals surface area contributed by atoms with Crippen molar-refractivity contribution in [2.24, 2.45) is 0 Å². The van der Waals surface area contributed by atoms with Crippen LogP contribution in [0.25, 0.3) is 0 Å². The summed E-state index contributed by atoms with van der Waals surface area (Å²) in [6.45, 7) is 2.41. The van der Waals surface area contributed by atoms with E-state index in [0.717, 1.165) is 4.43 Å². The monoisotopic (exact) mass is 326 g/mol. The molecule has 2 rings (SSSR count). The SMILES string of the molecule is CC1(C2CCCC(CI)O2)CCCS1. The van der Waals surface area contributed by atoms with Gasteiger partial charge in [-0.3, -0.25) is 0 Å². The number of hydrogen-bond donors (Lipinski definition) is 0. The van der Waals surface area contributed by atoms with Crippen molar-refractivity contribution in [2.45, 2.75) is 56.0 Å². The maximum Gasteiger partial charge on any atom is 0.0723 e. The Morgan fingerprint density at radius 1 is 1.43 bits per heavy atom. The molecule has 3 unspecified atom stereocenters. The predicted octanol–water partition coefficient (Wildman–Crippen LogP) is 3.64. The van der Waals surface area contributed by atoms with E-state index in [0.29, 0.717) is 17.0 Å². The van der Waals surface area contributed by atoms with Crippen LogP contribution in [0, 0.1) is 0 Å². The van der Waals surface area contributed by atoms with Crippen LogP contribution in [0.4, 0.5) is 0 Å². The molecule has 14 heavy (non-hydrogen) atoms. The predicted molar refractivity (Wildman–Crippen MR) is 71.5 cm³/mol. The molecule has 0 bridgehead atoms. The van der Waals surface area contributed by atoms with Gasteiger partial charge in [-0.05, 0) is 44.8 Å². The van der Waals surface area contributed by atoms with Crippen molar-refractivity contribution in [1.29, 1.82) is 0 Å². The molecule has 0 aromatic rings. The number of ether oxygens (including phenoxy) is 1. The zero-order valence-corrected chi connectivity index (χ0v) is 11.8. The second-order valence-corrected chi connectivity index (χ2v) is 7.11. The molecule has 82 valence electrons. The van der Waals surface area contributed by atoms with Gasteiger partial charge in [0.05, 0.1) is 12.2 Å². The average Bonchev–Trinajstić information content (AvgIpc) is 2.67. The van der Waals surface area contributed by atoms with E-state index < -0.39 is 0 Å². The maximum atomic E-state index is 6.19. The minimum Gasteiger partial charge on any atom is -0.373 e. The summed E-state index contributed by atoms with van der Waals surface area (Å²) < 4.78 is 7.79. The average molecular weight is 326 g/mol. The first-order valence-corrected chi connectivity index (χ1v) is 8.11. The molecule has 0 aliphatic carbocycles. The molecular formula is C11H19IOS. The van der Waals surface area contributed by atoms with Crippen molar-refractivity contribution in [3.05, 3.63) is 0 Å². The highest BCUT2D eigenvalue weighted by molar-refractivity contribution is 14.1. The van der Waals surface area contributed by atoms with E-state index in [1.54, 1.807) is 0 Å². The van der Waals surface area contributed by atoms with Crippen LogP contribution < -0.4 is 0 Å². The first kappa shape index (κ1) is 11.5. The summed E-state index contributed by atoms with van der Waals surface area (Å²) in [6.07, 6.45) is 7.74. The lowest BCUT2D eigenvalue weighted by molar-refractivity contribution is -0.0528. The number of hydrogen-bond acceptors (Lipinski definition) is 2. The zero-order chi connectivity index (χ0) is 10.0. The van der Waals surface area contributed by atoms with E-state index in [4.69, 9.17) is 4.74 Å². The van der Waals surface area contributed by atoms with Crippen LogP contribution in [-0.4, -0.2) is 27.1 Å². The van der Waals surface area contributed by atoms with Crippen molar-refractivity contribution in [3.63, 3.8) is 0 Å². The molecule has 1 nitrogen and oxygen atoms in total. The van der Waals surface area contributed by atoms with Gasteiger partial charge in [-0.25, -0.2) is 0 Å². The van der Waals surface area contributed by atoms with Gasteiger partial charge in [0.15, 0.2) is 0 Å². The van der Waals surface area contributed by atoms with Crippen molar-refractivity contribution in [3.8, 4) is 0 Å². The number of rotatable bonds is 2. The van der Waals surface area contributed by atoms with Crippen molar-refractivity contribution in [2.75, 3.05) is 10.2 Å². The van der Waals surface area contributed by atoms with E-state index in [2.05, 4.69) is 41.3 Å². The lowest BCUT2D eigenvalue weighted by Crippen LogP contribution is -2.42. The molecular weight excluding hydrogens is 307 g/mol. The standard InChI is InChI=1S/C11H19IOS/c1-11(6-3-7-14-11)10-5-2-4-9(8-12)13-10/h9-10H,2-8H2,1H3. The second-order valence-electron chi connectivity index (χ2n) is 4.60. The smallest absolute Gasteiger partial charge is 0.0723 e. The fraction of sp³-hybridized carbons (Fsp3) is 1.00. The fourth-order valence-corrected chi connectivity index (χ4v) is 4.57. The molecule has 0 aromatic heterocycles. The molecule has 0 aromatic carbocycles. The molecule has 0 amide bonds. The highest BCUT2D eigenvalue weighted by atomic mass is 127. The van der Waals surface area contributed by atoms with E-state index in [1.165, 1.54) is 37.9 Å². The minimum atomic E-state index is 0.435. The van der Waals surface area contributed by atoms with Crippen molar-refractivity contribution in [1.82, 2.24) is 0 Å². The van der Waals surface area contributed by atoms with Gasteiger partial charge in [0.2, 0.25) is 0 Å². The molecule has 0 N–H and O–H groups in total. The molecule has 2 aliphatic rings. The Morgan fingerprint density at radius 3 is 2.93 bits per heavy atom. The molecule has 3 atom stereocenters. The summed E-state index contributed by atoms with van der Waals surface area (Å²) >= 11 is 4.59. The van der Waals surface area contributed by atoms with Gasteiger partial charge in [-0.15, -0.1) is 0 Å². The number of halogens is 1. The number of thioether (sulfide) groups is 1. The third kappa shape index (κ3) is 2.40. The van der Waals surface area contributed by atoms with E-state index >= 15 is 0 Å². The molecule has 0 spiro atoms. The summed E-state index contributed by atoms with van der Waals surface area (Å²) in [5.74, 6) is 1.34. The van der Waals surface area contributed by atoms with Crippen molar-refractivity contribution >= 4 is 34.4 Å². The van der Waals surface area contributed by atoms with Crippen LogP contribution in [0.1, 0.15) is 39.0 Å². The van der Waals surface area contributed by atoms with Crippen LogP contribution in [-0.2, 0) is 4.74 Å². The molecule has 2 aliphatic heterocycles. The summed E-state index contributed by atoms with van der Waals surface area (Å²) in [5, 5.41) is 0. The number of alkyl halides is 1. The van der Waals surface area contributed by atoms with Gasteiger partial charge in [-0.2, -0.15) is 11.8 Å². The summed E-state index contributed by atoms with van der Waals surface area (Å²) in [7, 11) is 0. The molecule has 2 fully saturated rings. The van der Waals surface area contributed by atoms with E-state index in [9.17, 15) is 0 Å². The molecule has 3 heteroatoms. The largest absolute Gasteiger partial charge is 0.373 e. The summed E-state index contributed by atoms with van der Waals surface area (Å²) in [6, 6.07) is 0. The first-order valence-electron chi connectivity index (χ1n) is 5.60. The quantitative estimate of drug-likeness (QED) is 0.566. The third-order valence-corrected chi connectivity index (χ3v) is 6.05. The molecule has 0 saturated carbocycles. The molecule has 2 heterocycles. The Balaban J connectivity index is 1.96. The Morgan fingerprint density at radius 2 is 2.29 bits per heavy atom. The summed E-state index contributed by atoms with van der Waals surface area (Å²) in [4.78, 5) is 0. The summed E-state index contributed by atoms with van der Waals surface area (Å²) in [5.41, 5.74) is 0. The van der Waals surface area contributed by atoms with Gasteiger partial charge in [0.1, 0.15) is 0 Å². The van der Waals surface area contributed by atoms with Crippen molar-refractivity contribution < 1.29 is 4.74 Å². The van der Waals surface area contributed by atoms with E-state index in [1.807, 2.05) is 0 Å². The van der Waals surface area contributed by atoms with Crippen LogP contribution in [0.3, 0.4) is 0 Å². The van der Waals surface area contributed by atoms with Crippen LogP contribution in [0.15, 0.2) is 0 Å². The lowest BCUT2D eigenvalue weighted by Gasteiger charge is -2.39. The van der Waals surface area contributed by atoms with Gasteiger partial charge in [-0.1, -0.05) is 22.6 Å². The van der Waals surface area contributed by atoms with Gasteiger partial charge in [0, 0.05) is 9.17 Å². The molecule has 2 saturated heterocycles. The lowest BCUT2D eigenvalue weighted by atomic mass is 9.91. The van der Waals surface area contributed by atoms with Gasteiger partial charge < -0.3 is 4.74 Å². The Labute approximate surface area is 105 Å². The highest BCUT2D eigenvalue weighted by Crippen LogP contribution is 2.44. The topological polar surface area (TPSA) is 9.23 Å². The van der Waals surface area contributed by atoms with Crippen LogP contribution in [0.5, 0.6) is 0 Å². The van der Waals surface area contributed by atoms with Crippen LogP contribution in [0.2, 0.25) is 0 Å². The zero-order valence-electron chi connectivity index (χ0n) is 8.80. The fourth-order valence-electron chi connectivity index (χ4n) is 2.52. The van der Waals surface area contributed by atoms with E-state index in [-0.39, 0.29) is 0 Å². The van der Waals surface area contributed by atoms with Gasteiger partial charge >= 0.3 is 0 Å². The normalized spacial score (nSPS) is 44.1. The highest BCUT2D eigenvalue weighted by Gasteiger charge is 2.40. The second kappa shape index (κ2) is 4.91. The Kier molecular flexibility index (Phi) is 4.05. The van der Waals surface area contributed by atoms with Gasteiger partial charge in [0.25, 0.3) is 0 Å². The first-order chi connectivity index (χ1) is 6.74. The third-order valence-electron chi connectivity index (χ3n) is 3.45. The minimum absolute atomic E-state index is 0.435. The van der Waals surface area contributed by atoms with Crippen LogP contribution >= 0.6 is 34.4 Å². The Hall–Kier alpha value is 1.04. The Bertz CT molecular complexity index is 192.